The zero-order chi connectivity index (χ0) is 19.6. The third-order valence-corrected chi connectivity index (χ3v) is 4.09. The number of aromatic nitrogens is 1. The first kappa shape index (κ1) is 19.4. The van der Waals surface area contributed by atoms with E-state index in [1.807, 2.05) is 0 Å². The molecule has 0 unspecified atom stereocenters. The summed E-state index contributed by atoms with van der Waals surface area (Å²) in [6, 6.07) is 3.50. The van der Waals surface area contributed by atoms with E-state index in [-0.39, 0.29) is 23.2 Å². The van der Waals surface area contributed by atoms with Gasteiger partial charge in [-0.25, -0.2) is 4.39 Å². The van der Waals surface area contributed by atoms with Gasteiger partial charge in [0, 0.05) is 23.9 Å². The van der Waals surface area contributed by atoms with Crippen molar-refractivity contribution in [1.82, 2.24) is 4.98 Å². The smallest absolute Gasteiger partial charge is 0.221 e. The lowest BCUT2D eigenvalue weighted by Gasteiger charge is -2.15. The predicted molar refractivity (Wildman–Crippen MR) is 98.4 cm³/mol. The molecule has 0 aliphatic heterocycles. The molecule has 1 atom stereocenters. The Balaban J connectivity index is 2.24. The molecule has 2 aromatic rings. The molecule has 1 aromatic carbocycles. The number of anilines is 2. The number of halogens is 1. The molecule has 0 saturated heterocycles. The number of hydrogen-bond donors (Lipinski definition) is 3. The first-order valence-corrected chi connectivity index (χ1v) is 8.19. The maximum atomic E-state index is 13.7. The van der Waals surface area contributed by atoms with Crippen LogP contribution in [0.15, 0.2) is 18.2 Å². The highest BCUT2D eigenvalue weighted by atomic mass is 19.1. The number of ketones is 2. The number of benzene rings is 1. The third-order valence-electron chi connectivity index (χ3n) is 4.09. The molecule has 1 aromatic heterocycles. The Hall–Kier alpha value is -2.96. The maximum Gasteiger partial charge on any atom is 0.221 e. The number of hydrogen-bond acceptors (Lipinski definition) is 4. The molecule has 0 fully saturated rings. The van der Waals surface area contributed by atoms with Crippen molar-refractivity contribution in [1.29, 1.82) is 0 Å². The number of carbonyl (C=O) groups is 3. The van der Waals surface area contributed by atoms with E-state index in [1.54, 1.807) is 20.8 Å². The van der Waals surface area contributed by atoms with Crippen molar-refractivity contribution < 1.29 is 18.8 Å². The number of carbonyl (C=O) groups excluding carboxylic acids is 3. The second-order valence-electron chi connectivity index (χ2n) is 6.29. The van der Waals surface area contributed by atoms with Crippen LogP contribution in [0.25, 0.3) is 0 Å². The maximum absolute atomic E-state index is 13.7. The van der Waals surface area contributed by atoms with Gasteiger partial charge in [0.1, 0.15) is 5.82 Å². The fourth-order valence-electron chi connectivity index (χ4n) is 2.96. The van der Waals surface area contributed by atoms with Gasteiger partial charge in [-0.3, -0.25) is 14.4 Å². The van der Waals surface area contributed by atoms with Gasteiger partial charge < -0.3 is 15.6 Å². The summed E-state index contributed by atoms with van der Waals surface area (Å²) in [6.45, 7) is 7.90. The Bertz CT molecular complexity index is 886. The highest BCUT2D eigenvalue weighted by Crippen LogP contribution is 2.23. The van der Waals surface area contributed by atoms with Gasteiger partial charge in [0.15, 0.2) is 5.78 Å². The number of H-pyrrole nitrogens is 1. The lowest BCUT2D eigenvalue weighted by atomic mass is 10.0. The van der Waals surface area contributed by atoms with E-state index in [0.29, 0.717) is 28.2 Å². The standard InChI is InChI=1S/C19H22FN3O3/c1-9-17(12(4)24)10(2)22-18(9)19(26)11(3)21-14-6-7-15(20)16(8-14)23-13(5)25/h6-8,11,21-22H,1-5H3,(H,23,25)/t11-/m0/s1. The second kappa shape index (κ2) is 7.51. The van der Waals surface area contributed by atoms with Gasteiger partial charge in [0.05, 0.1) is 17.4 Å². The minimum absolute atomic E-state index is 0.0351. The minimum Gasteiger partial charge on any atom is -0.375 e. The van der Waals surface area contributed by atoms with Gasteiger partial charge in [-0.15, -0.1) is 0 Å². The summed E-state index contributed by atoms with van der Waals surface area (Å²) in [5.41, 5.74) is 2.69. The van der Waals surface area contributed by atoms with Crippen LogP contribution in [-0.4, -0.2) is 28.5 Å². The van der Waals surface area contributed by atoms with Crippen LogP contribution in [0, 0.1) is 19.7 Å². The SMILES string of the molecule is CC(=O)Nc1cc(N[C@@H](C)C(=O)c2[nH]c(C)c(C(C)=O)c2C)ccc1F. The molecule has 2 rings (SSSR count). The molecule has 6 nitrogen and oxygen atoms in total. The molecule has 0 saturated carbocycles. The molecule has 1 amide bonds. The average molecular weight is 359 g/mol. The van der Waals surface area contributed by atoms with E-state index in [4.69, 9.17) is 0 Å². The van der Waals surface area contributed by atoms with Crippen molar-refractivity contribution >= 4 is 28.8 Å². The van der Waals surface area contributed by atoms with Crippen LogP contribution in [0.2, 0.25) is 0 Å². The van der Waals surface area contributed by atoms with E-state index in [2.05, 4.69) is 15.6 Å². The van der Waals surface area contributed by atoms with Gasteiger partial charge in [-0.1, -0.05) is 0 Å². The first-order chi connectivity index (χ1) is 12.1. The van der Waals surface area contributed by atoms with Crippen molar-refractivity contribution in [3.8, 4) is 0 Å². The van der Waals surface area contributed by atoms with Crippen LogP contribution in [-0.2, 0) is 4.79 Å². The zero-order valence-electron chi connectivity index (χ0n) is 15.4. The molecule has 1 heterocycles. The third kappa shape index (κ3) is 3.99. The van der Waals surface area contributed by atoms with E-state index < -0.39 is 11.9 Å². The van der Waals surface area contributed by atoms with Crippen LogP contribution in [0.4, 0.5) is 15.8 Å². The molecular formula is C19H22FN3O3. The minimum atomic E-state index is -0.623. The summed E-state index contributed by atoms with van der Waals surface area (Å²) in [5, 5.41) is 5.39. The lowest BCUT2D eigenvalue weighted by Crippen LogP contribution is -2.27. The summed E-state index contributed by atoms with van der Waals surface area (Å²) < 4.78 is 13.7. The second-order valence-corrected chi connectivity index (χ2v) is 6.29. The van der Waals surface area contributed by atoms with Crippen LogP contribution >= 0.6 is 0 Å². The topological polar surface area (TPSA) is 91.1 Å². The molecule has 26 heavy (non-hydrogen) atoms. The Labute approximate surface area is 151 Å². The Morgan fingerprint density at radius 3 is 2.35 bits per heavy atom. The molecular weight excluding hydrogens is 337 g/mol. The van der Waals surface area contributed by atoms with Crippen molar-refractivity contribution in [3.05, 3.63) is 46.5 Å². The predicted octanol–water partition coefficient (Wildman–Crippen LogP) is 3.61. The van der Waals surface area contributed by atoms with Gasteiger partial charge in [0.25, 0.3) is 0 Å². The Morgan fingerprint density at radius 1 is 1.15 bits per heavy atom. The van der Waals surface area contributed by atoms with Crippen molar-refractivity contribution in [3.63, 3.8) is 0 Å². The number of amides is 1. The summed E-state index contributed by atoms with van der Waals surface area (Å²) >= 11 is 0. The molecule has 138 valence electrons. The zero-order valence-corrected chi connectivity index (χ0v) is 15.4. The normalized spacial score (nSPS) is 11.8. The largest absolute Gasteiger partial charge is 0.375 e. The Kier molecular flexibility index (Phi) is 5.59. The monoisotopic (exact) mass is 359 g/mol. The highest BCUT2D eigenvalue weighted by molar-refractivity contribution is 6.06. The number of rotatable bonds is 6. The van der Waals surface area contributed by atoms with E-state index in [1.165, 1.54) is 32.0 Å². The van der Waals surface area contributed by atoms with Crippen LogP contribution in [0.1, 0.15) is 52.9 Å². The Morgan fingerprint density at radius 2 is 1.81 bits per heavy atom. The van der Waals surface area contributed by atoms with E-state index in [9.17, 15) is 18.8 Å². The lowest BCUT2D eigenvalue weighted by molar-refractivity contribution is -0.114. The van der Waals surface area contributed by atoms with E-state index in [0.717, 1.165) is 0 Å². The van der Waals surface area contributed by atoms with Gasteiger partial charge in [-0.05, 0) is 51.5 Å². The van der Waals surface area contributed by atoms with E-state index >= 15 is 0 Å². The fourth-order valence-corrected chi connectivity index (χ4v) is 2.96. The highest BCUT2D eigenvalue weighted by Gasteiger charge is 2.23. The number of Topliss-reactive ketones (excluding diaryl/α,β-unsaturated/α-hetero) is 2. The first-order valence-electron chi connectivity index (χ1n) is 8.19. The molecule has 7 heteroatoms. The molecule has 0 bridgehead atoms. The van der Waals surface area contributed by atoms with Gasteiger partial charge in [0.2, 0.25) is 11.7 Å². The summed E-state index contributed by atoms with van der Waals surface area (Å²) in [7, 11) is 0. The van der Waals surface area contributed by atoms with Crippen LogP contribution < -0.4 is 10.6 Å². The fraction of sp³-hybridized carbons (Fsp3) is 0.316. The number of nitrogens with one attached hydrogen (secondary N) is 3. The molecule has 0 radical (unpaired) electrons. The molecule has 0 aliphatic carbocycles. The quantitative estimate of drug-likeness (QED) is 0.687. The van der Waals surface area contributed by atoms with Crippen molar-refractivity contribution in [2.45, 2.75) is 40.7 Å². The van der Waals surface area contributed by atoms with Gasteiger partial charge in [-0.2, -0.15) is 0 Å². The molecule has 0 aliphatic rings. The summed E-state index contributed by atoms with van der Waals surface area (Å²) in [6.07, 6.45) is 0. The molecule has 0 spiro atoms. The molecule has 3 N–H and O–H groups in total. The summed E-state index contributed by atoms with van der Waals surface area (Å²) in [5.74, 6) is -1.27. The number of aryl methyl sites for hydroxylation is 1. The number of aromatic amines is 1. The van der Waals surface area contributed by atoms with Gasteiger partial charge >= 0.3 is 0 Å². The van der Waals surface area contributed by atoms with Crippen molar-refractivity contribution in [2.24, 2.45) is 0 Å². The van der Waals surface area contributed by atoms with Crippen molar-refractivity contribution in [2.75, 3.05) is 10.6 Å². The van der Waals surface area contributed by atoms with Crippen LogP contribution in [0.3, 0.4) is 0 Å². The van der Waals surface area contributed by atoms with Crippen LogP contribution in [0.5, 0.6) is 0 Å². The average Bonchev–Trinajstić information content (AvgIpc) is 2.84. The summed E-state index contributed by atoms with van der Waals surface area (Å²) in [4.78, 5) is 38.6.